The topological polar surface area (TPSA) is 160 Å². The molecule has 6 atom stereocenters. The summed E-state index contributed by atoms with van der Waals surface area (Å²) in [6.07, 6.45) is 9.68. The van der Waals surface area contributed by atoms with Gasteiger partial charge in [-0.25, -0.2) is 9.59 Å². The summed E-state index contributed by atoms with van der Waals surface area (Å²) in [5, 5.41) is 4.82. The highest BCUT2D eigenvalue weighted by molar-refractivity contribution is 8.13. The first-order chi connectivity index (χ1) is 25.1. The van der Waals surface area contributed by atoms with Crippen LogP contribution in [0.1, 0.15) is 110 Å². The third kappa shape index (κ3) is 12.1. The van der Waals surface area contributed by atoms with Gasteiger partial charge in [-0.15, -0.1) is 0 Å². The number of primary amides is 1. The number of hydrogen-bond acceptors (Lipinski definition) is 7. The molecule has 1 aliphatic carbocycles. The molecular weight excluding hydrogens is 695 g/mol. The minimum absolute atomic E-state index is 0.00541. The Morgan fingerprint density at radius 3 is 2.51 bits per heavy atom. The molecule has 2 heterocycles. The summed E-state index contributed by atoms with van der Waals surface area (Å²) in [5.74, 6) is 0.191. The number of carbonyl (C=O) groups excluding carboxylic acids is 5. The van der Waals surface area contributed by atoms with E-state index >= 15 is 0 Å². The Morgan fingerprint density at radius 1 is 1.09 bits per heavy atom. The summed E-state index contributed by atoms with van der Waals surface area (Å²) < 4.78 is 14.5. The number of ether oxygens (including phenoxy) is 2. The fourth-order valence-electron chi connectivity index (χ4n) is 6.92. The van der Waals surface area contributed by atoms with Crippen LogP contribution < -0.4 is 15.8 Å². The van der Waals surface area contributed by atoms with Gasteiger partial charge >= 0.3 is 12.2 Å². The first-order valence-corrected chi connectivity index (χ1v) is 20.7. The van der Waals surface area contributed by atoms with E-state index in [2.05, 4.69) is 40.5 Å². The first kappa shape index (κ1) is 41.9. The molecule has 4 rings (SSSR count). The lowest BCUT2D eigenvalue weighted by Gasteiger charge is -2.29. The second-order valence-electron chi connectivity index (χ2n) is 15.7. The number of carbonyl (C=O) groups is 5. The Labute approximate surface area is 318 Å². The van der Waals surface area contributed by atoms with Crippen LogP contribution in [0.3, 0.4) is 0 Å². The number of rotatable bonds is 16. The van der Waals surface area contributed by atoms with Crippen molar-refractivity contribution in [2.24, 2.45) is 17.1 Å². The smallest absolute Gasteiger partial charge is 0.410 e. The lowest BCUT2D eigenvalue weighted by molar-refractivity contribution is -0.139. The number of nitrogens with one attached hydrogen (secondary N) is 2. The van der Waals surface area contributed by atoms with Gasteiger partial charge in [-0.05, 0) is 88.6 Å². The number of fused-ring (bicyclic) bond motifs is 1. The molecule has 0 spiro atoms. The second-order valence-corrected chi connectivity index (χ2v) is 17.7. The summed E-state index contributed by atoms with van der Waals surface area (Å²) in [6.45, 7) is 12.4. The molecule has 0 radical (unpaired) electrons. The molecule has 1 aromatic carbocycles. The van der Waals surface area contributed by atoms with Crippen LogP contribution in [-0.4, -0.2) is 87.7 Å². The van der Waals surface area contributed by atoms with Crippen molar-refractivity contribution in [2.45, 2.75) is 136 Å². The average molecular weight is 756 g/mol. The molecule has 1 saturated carbocycles. The third-order valence-electron chi connectivity index (χ3n) is 10.3. The van der Waals surface area contributed by atoms with Crippen LogP contribution in [-0.2, 0) is 36.8 Å². The van der Waals surface area contributed by atoms with Crippen LogP contribution in [0.15, 0.2) is 36.4 Å². The molecule has 0 bridgehead atoms. The van der Waals surface area contributed by atoms with Gasteiger partial charge in [0.1, 0.15) is 23.8 Å². The number of alkyl carbamates (subject to hydrolysis) is 1. The number of benzene rings is 1. The lowest BCUT2D eigenvalue weighted by Crippen LogP contribution is -2.53. The summed E-state index contributed by atoms with van der Waals surface area (Å²) in [7, 11) is -0.182. The van der Waals surface area contributed by atoms with Crippen molar-refractivity contribution in [1.29, 1.82) is 0 Å². The third-order valence-corrected chi connectivity index (χ3v) is 12.0. The van der Waals surface area contributed by atoms with Crippen LogP contribution >= 0.6 is 10.7 Å². The SMILES string of the molecule is C/C=S(\CCCC)NC(=O)[C@@]1(C)C[C@H]1/C=C\CCCCC[C@H](NC(=O)OC(C)(C)C)C(=O)N1C[C@H](OC(=O)N2CCc3ccccc3C2)C[C@H]1C(N)=O. The molecule has 1 saturated heterocycles. The highest BCUT2D eigenvalue weighted by Gasteiger charge is 2.54. The van der Waals surface area contributed by atoms with E-state index < -0.39 is 47.8 Å². The fraction of sp³-hybridized carbons (Fsp3) is 0.650. The van der Waals surface area contributed by atoms with Crippen LogP contribution in [0.25, 0.3) is 0 Å². The van der Waals surface area contributed by atoms with Gasteiger partial charge in [0, 0.05) is 25.3 Å². The van der Waals surface area contributed by atoms with E-state index in [-0.39, 0.29) is 40.9 Å². The van der Waals surface area contributed by atoms with E-state index in [0.717, 1.165) is 56.3 Å². The van der Waals surface area contributed by atoms with E-state index in [9.17, 15) is 24.0 Å². The van der Waals surface area contributed by atoms with Crippen LogP contribution in [0.4, 0.5) is 9.59 Å². The van der Waals surface area contributed by atoms with Crippen LogP contribution in [0, 0.1) is 11.3 Å². The van der Waals surface area contributed by atoms with Crippen molar-refractivity contribution in [3.63, 3.8) is 0 Å². The van der Waals surface area contributed by atoms with E-state index in [1.165, 1.54) is 10.5 Å². The molecule has 5 amide bonds. The average Bonchev–Trinajstić information content (AvgIpc) is 3.59. The summed E-state index contributed by atoms with van der Waals surface area (Å²) in [5.41, 5.74) is 6.88. The number of amides is 5. The normalized spacial score (nSPS) is 23.6. The quantitative estimate of drug-likeness (QED) is 0.106. The minimum Gasteiger partial charge on any atom is -0.444 e. The van der Waals surface area contributed by atoms with Crippen LogP contribution in [0.2, 0.25) is 0 Å². The number of allylic oxidation sites excluding steroid dienone is 2. The van der Waals surface area contributed by atoms with E-state index in [0.29, 0.717) is 25.9 Å². The maximum absolute atomic E-state index is 14.0. The minimum atomic E-state index is -0.978. The predicted molar refractivity (Wildman–Crippen MR) is 209 cm³/mol. The Hall–Kier alpha value is -3.87. The van der Waals surface area contributed by atoms with Gasteiger partial charge in [0.15, 0.2) is 0 Å². The standard InChI is InChI=1S/C40H61N5O7S/c1-7-9-23-53(8-2)43-36(48)40(6)25-30(40)19-13-11-10-12-14-20-32(42-37(49)52-39(3,4)5)35(47)45-27-31(24-33(45)34(41)46)51-38(50)44-22-21-28-17-15-16-18-29(28)26-44/h8,13,15-19,30-33H,7,9-12,14,20-27H2,1-6H3,(H2,41,46)(H,42,49)(H,43,48)/b19-13-/t30-,31-,32+,33+,40+,53?/m1/s1. The number of unbranched alkanes of at least 4 members (excludes halogenated alkanes) is 4. The van der Waals surface area contributed by atoms with E-state index in [4.69, 9.17) is 15.2 Å². The monoisotopic (exact) mass is 755 g/mol. The van der Waals surface area contributed by atoms with Crippen molar-refractivity contribution in [3.8, 4) is 0 Å². The largest absolute Gasteiger partial charge is 0.444 e. The predicted octanol–water partition coefficient (Wildman–Crippen LogP) is 5.98. The molecule has 294 valence electrons. The highest BCUT2D eigenvalue weighted by atomic mass is 32.2. The van der Waals surface area contributed by atoms with Gasteiger partial charge in [0.25, 0.3) is 0 Å². The van der Waals surface area contributed by atoms with Gasteiger partial charge in [0.2, 0.25) is 17.7 Å². The van der Waals surface area contributed by atoms with Crippen molar-refractivity contribution in [3.05, 3.63) is 47.5 Å². The van der Waals surface area contributed by atoms with Crippen molar-refractivity contribution < 1.29 is 33.4 Å². The van der Waals surface area contributed by atoms with Gasteiger partial charge in [-0.2, -0.15) is 0 Å². The zero-order valence-electron chi connectivity index (χ0n) is 32.5. The van der Waals surface area contributed by atoms with Crippen molar-refractivity contribution >= 4 is 45.9 Å². The Balaban J connectivity index is 1.29. The number of likely N-dealkylation sites (tertiary alicyclic amines) is 1. The Morgan fingerprint density at radius 2 is 1.83 bits per heavy atom. The number of hydrogen-bond donors (Lipinski definition) is 3. The van der Waals surface area contributed by atoms with Crippen molar-refractivity contribution in [2.75, 3.05) is 18.8 Å². The molecule has 3 aliphatic rings. The summed E-state index contributed by atoms with van der Waals surface area (Å²) in [6, 6.07) is 6.03. The zero-order valence-corrected chi connectivity index (χ0v) is 33.3. The molecule has 1 aromatic rings. The fourth-order valence-corrected chi connectivity index (χ4v) is 8.45. The second kappa shape index (κ2) is 18.9. The van der Waals surface area contributed by atoms with E-state index in [1.807, 2.05) is 32.0 Å². The van der Waals surface area contributed by atoms with Crippen LogP contribution in [0.5, 0.6) is 0 Å². The van der Waals surface area contributed by atoms with Gasteiger partial charge in [-0.3, -0.25) is 14.4 Å². The molecular formula is C40H61N5O7S. The molecule has 53 heavy (non-hydrogen) atoms. The Kier molecular flexibility index (Phi) is 15.0. The Bertz CT molecular complexity index is 1540. The van der Waals surface area contributed by atoms with Crippen molar-refractivity contribution in [1.82, 2.24) is 19.8 Å². The maximum atomic E-state index is 14.0. The molecule has 2 fully saturated rings. The molecule has 12 nitrogen and oxygen atoms in total. The molecule has 0 aromatic heterocycles. The molecule has 2 aliphatic heterocycles. The summed E-state index contributed by atoms with van der Waals surface area (Å²) >= 11 is 0. The summed E-state index contributed by atoms with van der Waals surface area (Å²) in [4.78, 5) is 68.4. The number of nitrogens with zero attached hydrogens (tertiary/aromatic N) is 2. The van der Waals surface area contributed by atoms with Gasteiger partial charge < -0.3 is 35.0 Å². The highest BCUT2D eigenvalue weighted by Crippen LogP contribution is 2.53. The van der Waals surface area contributed by atoms with Gasteiger partial charge in [0.05, 0.1) is 12.0 Å². The maximum Gasteiger partial charge on any atom is 0.410 e. The molecule has 4 N–H and O–H groups in total. The number of nitrogens with two attached hydrogens (primary N) is 1. The lowest BCUT2D eigenvalue weighted by atomic mass is 10.0. The van der Waals surface area contributed by atoms with Gasteiger partial charge in [-0.1, -0.05) is 80.2 Å². The molecule has 13 heteroatoms. The van der Waals surface area contributed by atoms with E-state index in [1.54, 1.807) is 25.7 Å². The molecule has 1 unspecified atom stereocenters. The zero-order chi connectivity index (χ0) is 38.8. The first-order valence-electron chi connectivity index (χ1n) is 19.2.